The Morgan fingerprint density at radius 1 is 1.00 bits per heavy atom. The first-order valence-electron chi connectivity index (χ1n) is 9.36. The second-order valence-corrected chi connectivity index (χ2v) is 9.67. The number of nitrogens with zero attached hydrogens (tertiary/aromatic N) is 3. The molecule has 158 valence electrons. The lowest BCUT2D eigenvalue weighted by Crippen LogP contribution is -2.29. The van der Waals surface area contributed by atoms with Crippen molar-refractivity contribution < 1.29 is 14.5 Å². The number of benzene rings is 3. The van der Waals surface area contributed by atoms with Crippen LogP contribution in [-0.4, -0.2) is 21.7 Å². The van der Waals surface area contributed by atoms with Crippen molar-refractivity contribution in [2.24, 2.45) is 0 Å². The maximum absolute atomic E-state index is 12.9. The number of rotatable bonds is 5. The number of hydrogen-bond acceptors (Lipinski definition) is 7. The van der Waals surface area contributed by atoms with Crippen molar-refractivity contribution in [2.75, 3.05) is 4.90 Å². The number of nitro groups is 1. The van der Waals surface area contributed by atoms with Crippen molar-refractivity contribution in [3.8, 4) is 0 Å². The van der Waals surface area contributed by atoms with Crippen LogP contribution in [0.1, 0.15) is 26.3 Å². The summed E-state index contributed by atoms with van der Waals surface area (Å²) >= 11 is 8.99. The maximum atomic E-state index is 12.9. The smallest absolute Gasteiger partial charge is 0.268 e. The van der Waals surface area contributed by atoms with Crippen molar-refractivity contribution >= 4 is 68.1 Å². The van der Waals surface area contributed by atoms with Crippen LogP contribution < -0.4 is 4.90 Å². The van der Waals surface area contributed by atoms with Crippen LogP contribution in [0.15, 0.2) is 65.0 Å². The summed E-state index contributed by atoms with van der Waals surface area (Å²) in [6.45, 7) is 0. The molecule has 0 saturated heterocycles. The largest absolute Gasteiger partial charge is 0.270 e. The molecule has 0 N–H and O–H groups in total. The lowest BCUT2D eigenvalue weighted by Gasteiger charge is -2.13. The molecule has 0 bridgehead atoms. The summed E-state index contributed by atoms with van der Waals surface area (Å²) in [6.07, 6.45) is 0. The number of nitro benzene ring substituents is 1. The predicted octanol–water partition coefficient (Wildman–Crippen LogP) is 5.95. The monoisotopic (exact) mass is 481 g/mol. The standard InChI is InChI=1S/C22H12ClN3O4S2/c23-13-3-1-12(2-4-13)11-31-22-24-18-8-6-14(10-19(18)32-22)25-20(27)16-7-5-15(26(29)30)9-17(16)21(25)28/h1-10H,11H2. The van der Waals surface area contributed by atoms with E-state index in [1.807, 2.05) is 24.3 Å². The van der Waals surface area contributed by atoms with Gasteiger partial charge in [0.2, 0.25) is 0 Å². The number of imide groups is 1. The fraction of sp³-hybridized carbons (Fsp3) is 0.0455. The first-order chi connectivity index (χ1) is 15.4. The van der Waals surface area contributed by atoms with Gasteiger partial charge in [0.1, 0.15) is 0 Å². The SMILES string of the molecule is O=C1c2ccc([N+](=O)[O-])cc2C(=O)N1c1ccc2nc(SCc3ccc(Cl)cc3)sc2c1. The number of carbonyl (C=O) groups is 2. The van der Waals surface area contributed by atoms with Crippen molar-refractivity contribution in [2.45, 2.75) is 10.1 Å². The summed E-state index contributed by atoms with van der Waals surface area (Å²) in [7, 11) is 0. The zero-order valence-electron chi connectivity index (χ0n) is 16.1. The summed E-state index contributed by atoms with van der Waals surface area (Å²) < 4.78 is 1.70. The zero-order valence-corrected chi connectivity index (χ0v) is 18.5. The molecule has 7 nitrogen and oxygen atoms in total. The van der Waals surface area contributed by atoms with Gasteiger partial charge in [0, 0.05) is 22.9 Å². The Hall–Kier alpha value is -3.27. The second-order valence-electron chi connectivity index (χ2n) is 6.98. The number of aromatic nitrogens is 1. The third kappa shape index (κ3) is 3.64. The number of carbonyl (C=O) groups excluding carboxylic acids is 2. The van der Waals surface area contributed by atoms with Crippen LogP contribution in [0.5, 0.6) is 0 Å². The van der Waals surface area contributed by atoms with Crippen molar-refractivity contribution in [1.29, 1.82) is 0 Å². The molecule has 0 spiro atoms. The number of non-ortho nitro benzene ring substituents is 1. The van der Waals surface area contributed by atoms with Crippen LogP contribution in [0.4, 0.5) is 11.4 Å². The molecule has 0 atom stereocenters. The molecule has 0 fully saturated rings. The van der Waals surface area contributed by atoms with Crippen molar-refractivity contribution in [3.63, 3.8) is 0 Å². The lowest BCUT2D eigenvalue weighted by atomic mass is 10.1. The van der Waals surface area contributed by atoms with E-state index in [9.17, 15) is 19.7 Å². The van der Waals surface area contributed by atoms with Gasteiger partial charge in [-0.1, -0.05) is 35.5 Å². The average Bonchev–Trinajstić information content (AvgIpc) is 3.30. The molecule has 0 unspecified atom stereocenters. The Balaban J connectivity index is 1.41. The Kier molecular flexibility index (Phi) is 5.16. The highest BCUT2D eigenvalue weighted by Gasteiger charge is 2.38. The minimum Gasteiger partial charge on any atom is -0.268 e. The molecule has 32 heavy (non-hydrogen) atoms. The topological polar surface area (TPSA) is 93.4 Å². The van der Waals surface area contributed by atoms with Crippen LogP contribution in [0.2, 0.25) is 5.02 Å². The number of thioether (sulfide) groups is 1. The van der Waals surface area contributed by atoms with Gasteiger partial charge in [-0.2, -0.15) is 0 Å². The highest BCUT2D eigenvalue weighted by Crippen LogP contribution is 2.36. The molecule has 1 aromatic heterocycles. The Bertz CT molecular complexity index is 1420. The van der Waals surface area contributed by atoms with Gasteiger partial charge in [0.25, 0.3) is 17.5 Å². The molecule has 1 aliphatic rings. The third-order valence-corrected chi connectivity index (χ3v) is 7.45. The van der Waals surface area contributed by atoms with Gasteiger partial charge in [-0.15, -0.1) is 11.3 Å². The van der Waals surface area contributed by atoms with Gasteiger partial charge < -0.3 is 0 Å². The van der Waals surface area contributed by atoms with Gasteiger partial charge in [0.05, 0.1) is 32.0 Å². The molecule has 5 rings (SSSR count). The average molecular weight is 482 g/mol. The number of fused-ring (bicyclic) bond motifs is 2. The number of anilines is 1. The van der Waals surface area contributed by atoms with Crippen LogP contribution in [-0.2, 0) is 5.75 Å². The number of thiazole rings is 1. The molecular weight excluding hydrogens is 470 g/mol. The first kappa shape index (κ1) is 20.6. The lowest BCUT2D eigenvalue weighted by molar-refractivity contribution is -0.384. The van der Waals surface area contributed by atoms with Crippen LogP contribution >= 0.6 is 34.7 Å². The quantitative estimate of drug-likeness (QED) is 0.151. The van der Waals surface area contributed by atoms with E-state index in [1.165, 1.54) is 23.5 Å². The number of hydrogen-bond donors (Lipinski definition) is 0. The van der Waals surface area contributed by atoms with Gasteiger partial charge in [-0.05, 0) is 42.0 Å². The fourth-order valence-corrected chi connectivity index (χ4v) is 5.58. The van der Waals surface area contributed by atoms with Crippen molar-refractivity contribution in [1.82, 2.24) is 4.98 Å². The Labute approximate surface area is 194 Å². The molecule has 2 amide bonds. The normalized spacial score (nSPS) is 13.1. The van der Waals surface area contributed by atoms with Crippen LogP contribution in [0.25, 0.3) is 10.2 Å². The summed E-state index contributed by atoms with van der Waals surface area (Å²) in [5, 5.41) is 11.7. The molecule has 0 saturated carbocycles. The van der Waals surface area contributed by atoms with Crippen molar-refractivity contribution in [3.05, 3.63) is 92.5 Å². The minimum absolute atomic E-state index is 0.0350. The molecule has 1 aliphatic heterocycles. The predicted molar refractivity (Wildman–Crippen MR) is 125 cm³/mol. The van der Waals surface area contributed by atoms with E-state index in [0.717, 1.165) is 36.8 Å². The highest BCUT2D eigenvalue weighted by molar-refractivity contribution is 8.00. The minimum atomic E-state index is -0.590. The van der Waals surface area contributed by atoms with Gasteiger partial charge in [-0.25, -0.2) is 9.88 Å². The molecular formula is C22H12ClN3O4S2. The molecule has 0 aliphatic carbocycles. The summed E-state index contributed by atoms with van der Waals surface area (Å²) in [4.78, 5) is 41.8. The van der Waals surface area contributed by atoms with Gasteiger partial charge in [-0.3, -0.25) is 19.7 Å². The fourth-order valence-electron chi connectivity index (χ4n) is 3.40. The second kappa shape index (κ2) is 8.01. The molecule has 2 heterocycles. The van der Waals surface area contributed by atoms with E-state index in [-0.39, 0.29) is 16.8 Å². The summed E-state index contributed by atoms with van der Waals surface area (Å²) in [6, 6.07) is 16.5. The van der Waals surface area contributed by atoms with E-state index < -0.39 is 16.7 Å². The number of amides is 2. The van der Waals surface area contributed by atoms with Crippen LogP contribution in [0, 0.1) is 10.1 Å². The van der Waals surface area contributed by atoms with Gasteiger partial charge >= 0.3 is 0 Å². The van der Waals surface area contributed by atoms with E-state index in [4.69, 9.17) is 11.6 Å². The molecule has 0 radical (unpaired) electrons. The van der Waals surface area contributed by atoms with E-state index >= 15 is 0 Å². The number of halogens is 1. The van der Waals surface area contributed by atoms with E-state index in [2.05, 4.69) is 4.98 Å². The maximum Gasteiger partial charge on any atom is 0.270 e. The van der Waals surface area contributed by atoms with Crippen LogP contribution in [0.3, 0.4) is 0 Å². The summed E-state index contributed by atoms with van der Waals surface area (Å²) in [5.74, 6) is -0.336. The molecule has 10 heteroatoms. The van der Waals surface area contributed by atoms with E-state index in [0.29, 0.717) is 10.7 Å². The molecule has 3 aromatic carbocycles. The zero-order chi connectivity index (χ0) is 22.4. The summed E-state index contributed by atoms with van der Waals surface area (Å²) in [5.41, 5.74) is 2.26. The third-order valence-electron chi connectivity index (χ3n) is 4.97. The Morgan fingerprint density at radius 3 is 2.50 bits per heavy atom. The van der Waals surface area contributed by atoms with E-state index in [1.54, 1.807) is 30.0 Å². The Morgan fingerprint density at radius 2 is 1.75 bits per heavy atom. The molecule has 4 aromatic rings. The highest BCUT2D eigenvalue weighted by atomic mass is 35.5. The van der Waals surface area contributed by atoms with Gasteiger partial charge in [0.15, 0.2) is 4.34 Å². The first-order valence-corrected chi connectivity index (χ1v) is 11.5.